The highest BCUT2D eigenvalue weighted by Gasteiger charge is 2.11. The second-order valence-electron chi connectivity index (χ2n) is 6.61. The Morgan fingerprint density at radius 3 is 2.50 bits per heavy atom. The second-order valence-corrected chi connectivity index (χ2v) is 6.61. The molecule has 5 N–H and O–H groups in total. The van der Waals surface area contributed by atoms with Crippen LogP contribution >= 0.6 is 0 Å². The van der Waals surface area contributed by atoms with Crippen LogP contribution in [0.25, 0.3) is 5.57 Å². The van der Waals surface area contributed by atoms with Crippen LogP contribution < -0.4 is 16.8 Å². The Balaban J connectivity index is 2.43. The van der Waals surface area contributed by atoms with Crippen molar-refractivity contribution in [2.75, 3.05) is 17.6 Å². The first-order valence-corrected chi connectivity index (χ1v) is 9.67. The van der Waals surface area contributed by atoms with Crippen LogP contribution in [0.3, 0.4) is 0 Å². The summed E-state index contributed by atoms with van der Waals surface area (Å²) < 4.78 is 13.1. The first-order chi connectivity index (χ1) is 14.4. The van der Waals surface area contributed by atoms with Crippen molar-refractivity contribution in [1.29, 1.82) is 0 Å². The summed E-state index contributed by atoms with van der Waals surface area (Å²) in [6, 6.07) is 7.52. The molecule has 0 fully saturated rings. The number of anilines is 2. The quantitative estimate of drug-likeness (QED) is 0.476. The van der Waals surface area contributed by atoms with Crippen LogP contribution in [-0.4, -0.2) is 16.5 Å². The molecule has 0 unspecified atom stereocenters. The smallest absolute Gasteiger partial charge is 0.133 e. The molecule has 0 atom stereocenters. The molecule has 0 radical (unpaired) electrons. The van der Waals surface area contributed by atoms with Crippen molar-refractivity contribution in [3.05, 3.63) is 102 Å². The van der Waals surface area contributed by atoms with Gasteiger partial charge < -0.3 is 16.8 Å². The minimum absolute atomic E-state index is 0.365. The van der Waals surface area contributed by atoms with Gasteiger partial charge in [-0.1, -0.05) is 25.3 Å². The van der Waals surface area contributed by atoms with E-state index in [1.165, 1.54) is 6.08 Å². The molecule has 6 heteroatoms. The number of halogens is 1. The Morgan fingerprint density at radius 1 is 1.17 bits per heavy atom. The van der Waals surface area contributed by atoms with Crippen molar-refractivity contribution < 1.29 is 4.39 Å². The number of rotatable bonds is 10. The predicted octanol–water partition coefficient (Wildman–Crippen LogP) is 5.14. The minimum atomic E-state index is -0.514. The third kappa shape index (κ3) is 6.83. The largest absolute Gasteiger partial charge is 0.383 e. The zero-order valence-corrected chi connectivity index (χ0v) is 17.2. The highest BCUT2D eigenvalue weighted by Crippen LogP contribution is 2.29. The standard InChI is InChI=1S/C24H28FN5/c1-4-19(8-7-17(2)25)16-22(20-11-14-28-15-12-20)21-9-10-23(30-24(21)27)29-18(3)6-5-13-26/h4,7-12,14-16H,2-3,5-6,13,26H2,1H3,(H3,27,29,30)/b8-7-,19-4+,22-16+. The van der Waals surface area contributed by atoms with Crippen molar-refractivity contribution in [3.8, 4) is 0 Å². The molecule has 30 heavy (non-hydrogen) atoms. The lowest BCUT2D eigenvalue weighted by Gasteiger charge is -2.14. The molecule has 0 bridgehead atoms. The van der Waals surface area contributed by atoms with Crippen molar-refractivity contribution in [2.45, 2.75) is 19.8 Å². The lowest BCUT2D eigenvalue weighted by Crippen LogP contribution is -2.06. The van der Waals surface area contributed by atoms with Gasteiger partial charge in [0.2, 0.25) is 0 Å². The highest BCUT2D eigenvalue weighted by molar-refractivity contribution is 5.86. The van der Waals surface area contributed by atoms with Crippen molar-refractivity contribution >= 4 is 17.2 Å². The topological polar surface area (TPSA) is 89.8 Å². The van der Waals surface area contributed by atoms with E-state index in [1.807, 2.05) is 43.3 Å². The average molecular weight is 406 g/mol. The molecule has 0 saturated heterocycles. The van der Waals surface area contributed by atoms with Crippen LogP contribution in [0.2, 0.25) is 0 Å². The molecule has 0 aliphatic carbocycles. The summed E-state index contributed by atoms with van der Waals surface area (Å²) in [5.74, 6) is 0.468. The summed E-state index contributed by atoms with van der Waals surface area (Å²) in [6.45, 7) is 9.73. The maximum Gasteiger partial charge on any atom is 0.133 e. The van der Waals surface area contributed by atoms with Gasteiger partial charge in [-0.15, -0.1) is 0 Å². The Morgan fingerprint density at radius 2 is 1.90 bits per heavy atom. The van der Waals surface area contributed by atoms with E-state index in [2.05, 4.69) is 28.4 Å². The minimum Gasteiger partial charge on any atom is -0.383 e. The number of aromatic nitrogens is 2. The Hall–Kier alpha value is -3.51. The van der Waals surface area contributed by atoms with Gasteiger partial charge in [0.1, 0.15) is 17.5 Å². The van der Waals surface area contributed by atoms with E-state index in [1.54, 1.807) is 18.5 Å². The fourth-order valence-electron chi connectivity index (χ4n) is 2.76. The number of nitrogens with two attached hydrogens (primary N) is 2. The molecule has 0 aliphatic heterocycles. The maximum atomic E-state index is 13.1. The summed E-state index contributed by atoms with van der Waals surface area (Å²) in [7, 11) is 0. The summed E-state index contributed by atoms with van der Waals surface area (Å²) >= 11 is 0. The number of allylic oxidation sites excluding steroid dienone is 7. The fourth-order valence-corrected chi connectivity index (χ4v) is 2.76. The summed E-state index contributed by atoms with van der Waals surface area (Å²) in [5.41, 5.74) is 16.0. The maximum absolute atomic E-state index is 13.1. The predicted molar refractivity (Wildman–Crippen MR) is 124 cm³/mol. The number of pyridine rings is 2. The molecule has 5 nitrogen and oxygen atoms in total. The van der Waals surface area contributed by atoms with Crippen molar-refractivity contribution in [1.82, 2.24) is 9.97 Å². The average Bonchev–Trinajstić information content (AvgIpc) is 2.73. The van der Waals surface area contributed by atoms with E-state index in [-0.39, 0.29) is 0 Å². The van der Waals surface area contributed by atoms with Gasteiger partial charge in [0, 0.05) is 23.7 Å². The van der Waals surface area contributed by atoms with Gasteiger partial charge in [0.25, 0.3) is 0 Å². The van der Waals surface area contributed by atoms with E-state index in [0.717, 1.165) is 40.8 Å². The first kappa shape index (κ1) is 22.8. The van der Waals surface area contributed by atoms with Gasteiger partial charge in [-0.25, -0.2) is 9.37 Å². The third-order valence-electron chi connectivity index (χ3n) is 4.29. The molecule has 0 amide bonds. The van der Waals surface area contributed by atoms with Gasteiger partial charge in [-0.3, -0.25) is 4.98 Å². The zero-order valence-electron chi connectivity index (χ0n) is 17.2. The Bertz CT molecular complexity index is 974. The van der Waals surface area contributed by atoms with Crippen LogP contribution in [0.5, 0.6) is 0 Å². The monoisotopic (exact) mass is 405 g/mol. The SMILES string of the molecule is C=C(F)\C=C/C(=C\C)/C=C(\c1ccncc1)c1ccc(NC(=C)CCCN)nc1N. The molecular formula is C24H28FN5. The number of nitrogens with one attached hydrogen (secondary N) is 1. The second kappa shape index (κ2) is 11.5. The van der Waals surface area contributed by atoms with E-state index in [9.17, 15) is 4.39 Å². The summed E-state index contributed by atoms with van der Waals surface area (Å²) in [4.78, 5) is 8.56. The highest BCUT2D eigenvalue weighted by atomic mass is 19.1. The van der Waals surface area contributed by atoms with E-state index in [0.29, 0.717) is 18.2 Å². The van der Waals surface area contributed by atoms with E-state index in [4.69, 9.17) is 11.5 Å². The number of hydrogen-bond donors (Lipinski definition) is 3. The summed E-state index contributed by atoms with van der Waals surface area (Å²) in [6.07, 6.45) is 11.8. The molecule has 2 aromatic rings. The molecule has 0 saturated carbocycles. The zero-order chi connectivity index (χ0) is 21.9. The van der Waals surface area contributed by atoms with E-state index >= 15 is 0 Å². The number of nitrogens with zero attached hydrogens (tertiary/aromatic N) is 2. The van der Waals surface area contributed by atoms with Gasteiger partial charge in [0.15, 0.2) is 0 Å². The molecule has 0 aliphatic rings. The van der Waals surface area contributed by atoms with Crippen molar-refractivity contribution in [3.63, 3.8) is 0 Å². The van der Waals surface area contributed by atoms with Gasteiger partial charge in [-0.2, -0.15) is 0 Å². The van der Waals surface area contributed by atoms with Gasteiger partial charge >= 0.3 is 0 Å². The van der Waals surface area contributed by atoms with Crippen LogP contribution in [-0.2, 0) is 0 Å². The Kier molecular flexibility index (Phi) is 8.72. The number of nitrogen functional groups attached to an aromatic ring is 1. The molecule has 0 spiro atoms. The summed E-state index contributed by atoms with van der Waals surface area (Å²) in [5, 5.41) is 3.16. The molecule has 2 aromatic heterocycles. The van der Waals surface area contributed by atoms with Crippen molar-refractivity contribution in [2.24, 2.45) is 5.73 Å². The Labute approximate surface area is 177 Å². The molecule has 2 rings (SSSR count). The number of hydrogen-bond acceptors (Lipinski definition) is 5. The molecule has 2 heterocycles. The van der Waals surface area contributed by atoms with Crippen LogP contribution in [0.1, 0.15) is 30.9 Å². The fraction of sp³-hybridized carbons (Fsp3) is 0.167. The van der Waals surface area contributed by atoms with E-state index < -0.39 is 5.83 Å². The first-order valence-electron chi connectivity index (χ1n) is 9.67. The molecular weight excluding hydrogens is 377 g/mol. The normalized spacial score (nSPS) is 12.2. The molecule has 0 aromatic carbocycles. The van der Waals surface area contributed by atoms with Crippen LogP contribution in [0.15, 0.2) is 91.2 Å². The lowest BCUT2D eigenvalue weighted by molar-refractivity contribution is 0.671. The molecule has 156 valence electrons. The van der Waals surface area contributed by atoms with Gasteiger partial charge in [-0.05, 0) is 79.4 Å². The van der Waals surface area contributed by atoms with Crippen LogP contribution in [0, 0.1) is 0 Å². The third-order valence-corrected chi connectivity index (χ3v) is 4.29. The van der Waals surface area contributed by atoms with Gasteiger partial charge in [0.05, 0.1) is 0 Å². The lowest BCUT2D eigenvalue weighted by atomic mass is 9.96. The van der Waals surface area contributed by atoms with Crippen LogP contribution in [0.4, 0.5) is 16.0 Å².